The fourth-order valence-corrected chi connectivity index (χ4v) is 2.68. The molecule has 2 nitrogen and oxygen atoms in total. The lowest BCUT2D eigenvalue weighted by atomic mass is 9.99. The number of aryl methyl sites for hydroxylation is 2. The van der Waals surface area contributed by atoms with E-state index in [1.165, 1.54) is 22.3 Å². The highest BCUT2D eigenvalue weighted by molar-refractivity contribution is 5.28. The van der Waals surface area contributed by atoms with Crippen molar-refractivity contribution in [1.82, 2.24) is 4.90 Å². The average Bonchev–Trinajstić information content (AvgIpc) is 2.48. The summed E-state index contributed by atoms with van der Waals surface area (Å²) in [4.78, 5) is 2.35. The fourth-order valence-electron chi connectivity index (χ4n) is 2.68. The van der Waals surface area contributed by atoms with Crippen LogP contribution < -0.4 is 5.73 Å². The van der Waals surface area contributed by atoms with Crippen LogP contribution in [0.15, 0.2) is 48.5 Å². The van der Waals surface area contributed by atoms with E-state index in [1.54, 1.807) is 0 Å². The van der Waals surface area contributed by atoms with Crippen molar-refractivity contribution in [3.63, 3.8) is 0 Å². The molecule has 0 amide bonds. The van der Waals surface area contributed by atoms with Gasteiger partial charge in [-0.15, -0.1) is 0 Å². The van der Waals surface area contributed by atoms with Crippen molar-refractivity contribution in [2.75, 3.05) is 13.6 Å². The van der Waals surface area contributed by atoms with Gasteiger partial charge in [0.1, 0.15) is 0 Å². The number of hydrogen-bond donors (Lipinski definition) is 1. The Morgan fingerprint density at radius 3 is 2.24 bits per heavy atom. The standard InChI is InChI=1S/C19H26N2/c1-15-8-4-6-10-17(15)14-21(3)13-12-19(20)18-11-7-5-9-16(18)2/h4-11,19H,12-14,20H2,1-3H3. The molecule has 2 rings (SSSR count). The number of rotatable bonds is 6. The van der Waals surface area contributed by atoms with E-state index in [4.69, 9.17) is 5.73 Å². The second kappa shape index (κ2) is 7.39. The topological polar surface area (TPSA) is 29.3 Å². The zero-order valence-corrected chi connectivity index (χ0v) is 13.3. The largest absolute Gasteiger partial charge is 0.324 e. The third-order valence-electron chi connectivity index (χ3n) is 4.11. The summed E-state index contributed by atoms with van der Waals surface area (Å²) in [5.41, 5.74) is 11.6. The Morgan fingerprint density at radius 2 is 1.57 bits per heavy atom. The molecule has 2 aromatic carbocycles. The lowest BCUT2D eigenvalue weighted by Gasteiger charge is -2.21. The van der Waals surface area contributed by atoms with Crippen LogP contribution in [0, 0.1) is 13.8 Å². The highest BCUT2D eigenvalue weighted by Crippen LogP contribution is 2.18. The SMILES string of the molecule is Cc1ccccc1CN(C)CCC(N)c1ccccc1C. The smallest absolute Gasteiger partial charge is 0.0309 e. The van der Waals surface area contributed by atoms with Gasteiger partial charge in [0.15, 0.2) is 0 Å². The molecule has 0 aliphatic heterocycles. The molecule has 1 atom stereocenters. The van der Waals surface area contributed by atoms with Gasteiger partial charge in [-0.05, 0) is 56.1 Å². The van der Waals surface area contributed by atoms with Gasteiger partial charge in [0.2, 0.25) is 0 Å². The van der Waals surface area contributed by atoms with Crippen molar-refractivity contribution < 1.29 is 0 Å². The van der Waals surface area contributed by atoms with Crippen molar-refractivity contribution in [2.24, 2.45) is 5.73 Å². The van der Waals surface area contributed by atoms with Gasteiger partial charge < -0.3 is 10.6 Å². The molecule has 0 spiro atoms. The van der Waals surface area contributed by atoms with Crippen LogP contribution in [-0.4, -0.2) is 18.5 Å². The van der Waals surface area contributed by atoms with Crippen molar-refractivity contribution >= 4 is 0 Å². The maximum atomic E-state index is 6.34. The van der Waals surface area contributed by atoms with Gasteiger partial charge in [-0.1, -0.05) is 48.5 Å². The molecule has 0 heterocycles. The Labute approximate surface area is 128 Å². The zero-order valence-electron chi connectivity index (χ0n) is 13.3. The molecule has 0 aliphatic carbocycles. The maximum Gasteiger partial charge on any atom is 0.0309 e. The molecule has 0 saturated heterocycles. The van der Waals surface area contributed by atoms with Crippen molar-refractivity contribution in [1.29, 1.82) is 0 Å². The average molecular weight is 282 g/mol. The Balaban J connectivity index is 1.88. The van der Waals surface area contributed by atoms with Gasteiger partial charge in [-0.2, -0.15) is 0 Å². The summed E-state index contributed by atoms with van der Waals surface area (Å²) < 4.78 is 0. The van der Waals surface area contributed by atoms with Gasteiger partial charge in [-0.3, -0.25) is 0 Å². The molecule has 0 aliphatic rings. The molecular weight excluding hydrogens is 256 g/mol. The third-order valence-corrected chi connectivity index (χ3v) is 4.11. The van der Waals surface area contributed by atoms with Gasteiger partial charge in [0.25, 0.3) is 0 Å². The number of nitrogens with zero attached hydrogens (tertiary/aromatic N) is 1. The summed E-state index contributed by atoms with van der Waals surface area (Å²) in [6.07, 6.45) is 0.979. The minimum atomic E-state index is 0.116. The second-order valence-corrected chi connectivity index (χ2v) is 5.92. The Kier molecular flexibility index (Phi) is 5.54. The van der Waals surface area contributed by atoms with Crippen molar-refractivity contribution in [3.05, 3.63) is 70.8 Å². The zero-order chi connectivity index (χ0) is 15.2. The first kappa shape index (κ1) is 15.7. The van der Waals surface area contributed by atoms with Gasteiger partial charge in [-0.25, -0.2) is 0 Å². The molecule has 0 aromatic heterocycles. The van der Waals surface area contributed by atoms with Crippen LogP contribution in [0.3, 0.4) is 0 Å². The molecule has 1 unspecified atom stereocenters. The Hall–Kier alpha value is -1.64. The quantitative estimate of drug-likeness (QED) is 0.872. The first-order valence-electron chi connectivity index (χ1n) is 7.62. The van der Waals surface area contributed by atoms with E-state index >= 15 is 0 Å². The first-order valence-corrected chi connectivity index (χ1v) is 7.62. The van der Waals surface area contributed by atoms with Crippen LogP contribution in [0.4, 0.5) is 0 Å². The molecule has 112 valence electrons. The molecule has 2 N–H and O–H groups in total. The Morgan fingerprint density at radius 1 is 0.952 bits per heavy atom. The predicted molar refractivity (Wildman–Crippen MR) is 90.2 cm³/mol. The summed E-state index contributed by atoms with van der Waals surface area (Å²) >= 11 is 0. The van der Waals surface area contributed by atoms with Gasteiger partial charge in [0, 0.05) is 12.6 Å². The second-order valence-electron chi connectivity index (χ2n) is 5.92. The highest BCUT2D eigenvalue weighted by atomic mass is 15.1. The van der Waals surface area contributed by atoms with E-state index in [1.807, 2.05) is 0 Å². The molecule has 0 saturated carbocycles. The molecule has 0 bridgehead atoms. The first-order chi connectivity index (χ1) is 10.1. The maximum absolute atomic E-state index is 6.34. The molecule has 2 heteroatoms. The third kappa shape index (κ3) is 4.42. The van der Waals surface area contributed by atoms with E-state index in [0.717, 1.165) is 19.5 Å². The lowest BCUT2D eigenvalue weighted by Crippen LogP contribution is -2.24. The monoisotopic (exact) mass is 282 g/mol. The lowest BCUT2D eigenvalue weighted by molar-refractivity contribution is 0.311. The van der Waals surface area contributed by atoms with E-state index < -0.39 is 0 Å². The fraction of sp³-hybridized carbons (Fsp3) is 0.368. The van der Waals surface area contributed by atoms with Crippen LogP contribution in [-0.2, 0) is 6.54 Å². The minimum absolute atomic E-state index is 0.116. The van der Waals surface area contributed by atoms with E-state index in [0.29, 0.717) is 0 Å². The van der Waals surface area contributed by atoms with E-state index in [9.17, 15) is 0 Å². The Bertz CT molecular complexity index is 577. The number of hydrogen-bond acceptors (Lipinski definition) is 2. The molecule has 0 fully saturated rings. The predicted octanol–water partition coefficient (Wildman–Crippen LogP) is 3.83. The molecule has 2 aromatic rings. The molecule has 21 heavy (non-hydrogen) atoms. The minimum Gasteiger partial charge on any atom is -0.324 e. The summed E-state index contributed by atoms with van der Waals surface area (Å²) in [5.74, 6) is 0. The summed E-state index contributed by atoms with van der Waals surface area (Å²) in [6, 6.07) is 17.1. The van der Waals surface area contributed by atoms with Crippen LogP contribution in [0.1, 0.15) is 34.7 Å². The van der Waals surface area contributed by atoms with Crippen molar-refractivity contribution in [2.45, 2.75) is 32.9 Å². The molecule has 0 radical (unpaired) electrons. The summed E-state index contributed by atoms with van der Waals surface area (Å²) in [6.45, 7) is 6.28. The van der Waals surface area contributed by atoms with E-state index in [2.05, 4.69) is 74.3 Å². The number of nitrogens with two attached hydrogens (primary N) is 1. The molecular formula is C19H26N2. The normalized spacial score (nSPS) is 12.6. The summed E-state index contributed by atoms with van der Waals surface area (Å²) in [7, 11) is 2.16. The van der Waals surface area contributed by atoms with Crippen LogP contribution >= 0.6 is 0 Å². The van der Waals surface area contributed by atoms with Crippen molar-refractivity contribution in [3.8, 4) is 0 Å². The highest BCUT2D eigenvalue weighted by Gasteiger charge is 2.10. The summed E-state index contributed by atoms with van der Waals surface area (Å²) in [5, 5.41) is 0. The van der Waals surface area contributed by atoms with Gasteiger partial charge >= 0.3 is 0 Å². The van der Waals surface area contributed by atoms with Crippen LogP contribution in [0.25, 0.3) is 0 Å². The van der Waals surface area contributed by atoms with Crippen LogP contribution in [0.2, 0.25) is 0 Å². The van der Waals surface area contributed by atoms with Gasteiger partial charge in [0.05, 0.1) is 0 Å². The van der Waals surface area contributed by atoms with Crippen LogP contribution in [0.5, 0.6) is 0 Å². The number of benzene rings is 2. The van der Waals surface area contributed by atoms with E-state index in [-0.39, 0.29) is 6.04 Å².